The highest BCUT2D eigenvalue weighted by Gasteiger charge is 2.44. The molecule has 3 heterocycles. The number of nitrogens with two attached hydrogens (primary N) is 1. The monoisotopic (exact) mass is 402 g/mol. The summed E-state index contributed by atoms with van der Waals surface area (Å²) in [5.74, 6) is 0.181. The number of nitrogen functional groups attached to an aromatic ring is 1. The molecule has 1 aliphatic carbocycles. The zero-order valence-electron chi connectivity index (χ0n) is 16.5. The Labute approximate surface area is 173 Å². The zero-order chi connectivity index (χ0) is 20.7. The SMILES string of the molecule is Nc1nc2c(c(=O)[nH]1)CCC21CCN(C(=O)c2cccc(-c3cncnc3)c2)CC1. The topological polar surface area (TPSA) is 118 Å². The number of H-pyrrole nitrogens is 1. The van der Waals surface area contributed by atoms with Crippen molar-refractivity contribution in [2.24, 2.45) is 0 Å². The number of amides is 1. The first-order valence-corrected chi connectivity index (χ1v) is 10.1. The van der Waals surface area contributed by atoms with Crippen molar-refractivity contribution in [3.63, 3.8) is 0 Å². The van der Waals surface area contributed by atoms with Gasteiger partial charge in [0.2, 0.25) is 5.95 Å². The van der Waals surface area contributed by atoms with E-state index in [1.165, 1.54) is 6.33 Å². The summed E-state index contributed by atoms with van der Waals surface area (Å²) in [4.78, 5) is 42.4. The van der Waals surface area contributed by atoms with Gasteiger partial charge in [-0.15, -0.1) is 0 Å². The molecule has 3 N–H and O–H groups in total. The second kappa shape index (κ2) is 7.05. The Bertz CT molecular complexity index is 1170. The zero-order valence-corrected chi connectivity index (χ0v) is 16.5. The predicted octanol–water partition coefficient (Wildman–Crippen LogP) is 1.93. The number of piperidine rings is 1. The van der Waals surface area contributed by atoms with Gasteiger partial charge in [-0.25, -0.2) is 15.0 Å². The largest absolute Gasteiger partial charge is 0.369 e. The van der Waals surface area contributed by atoms with Crippen LogP contribution in [0, 0.1) is 0 Å². The van der Waals surface area contributed by atoms with Crippen LogP contribution in [0.1, 0.15) is 40.9 Å². The van der Waals surface area contributed by atoms with Crippen LogP contribution in [0.4, 0.5) is 5.95 Å². The van der Waals surface area contributed by atoms with Crippen molar-refractivity contribution in [2.75, 3.05) is 18.8 Å². The molecule has 1 aromatic carbocycles. The number of anilines is 1. The summed E-state index contributed by atoms with van der Waals surface area (Å²) < 4.78 is 0. The molecule has 3 aromatic rings. The molecule has 8 nitrogen and oxygen atoms in total. The van der Waals surface area contributed by atoms with E-state index in [0.29, 0.717) is 25.1 Å². The van der Waals surface area contributed by atoms with Crippen molar-refractivity contribution in [3.8, 4) is 11.1 Å². The minimum atomic E-state index is -0.155. The third-order valence-electron chi connectivity index (χ3n) is 6.40. The number of nitrogens with zero attached hydrogens (tertiary/aromatic N) is 4. The van der Waals surface area contributed by atoms with Crippen molar-refractivity contribution in [1.82, 2.24) is 24.8 Å². The first-order valence-electron chi connectivity index (χ1n) is 10.1. The highest BCUT2D eigenvalue weighted by atomic mass is 16.2. The van der Waals surface area contributed by atoms with Gasteiger partial charge in [0.05, 0.1) is 5.69 Å². The van der Waals surface area contributed by atoms with Crippen LogP contribution in [0.15, 0.2) is 47.8 Å². The maximum absolute atomic E-state index is 13.1. The second-order valence-electron chi connectivity index (χ2n) is 8.06. The van der Waals surface area contributed by atoms with Gasteiger partial charge in [0.1, 0.15) is 6.33 Å². The van der Waals surface area contributed by atoms with E-state index in [9.17, 15) is 9.59 Å². The molecule has 5 rings (SSSR count). The third-order valence-corrected chi connectivity index (χ3v) is 6.40. The molecule has 1 spiro atoms. The average molecular weight is 402 g/mol. The molecule has 1 amide bonds. The lowest BCUT2D eigenvalue weighted by Gasteiger charge is -2.39. The van der Waals surface area contributed by atoms with Crippen LogP contribution in [-0.4, -0.2) is 43.8 Å². The van der Waals surface area contributed by atoms with E-state index in [1.807, 2.05) is 29.2 Å². The number of carbonyl (C=O) groups is 1. The summed E-state index contributed by atoms with van der Waals surface area (Å²) >= 11 is 0. The molecule has 2 aliphatic rings. The van der Waals surface area contributed by atoms with Crippen LogP contribution in [0.5, 0.6) is 0 Å². The molecule has 1 aliphatic heterocycles. The lowest BCUT2D eigenvalue weighted by Crippen LogP contribution is -2.44. The Morgan fingerprint density at radius 1 is 1.10 bits per heavy atom. The smallest absolute Gasteiger partial charge is 0.255 e. The quantitative estimate of drug-likeness (QED) is 0.676. The summed E-state index contributed by atoms with van der Waals surface area (Å²) in [6.45, 7) is 1.26. The fraction of sp³-hybridized carbons (Fsp3) is 0.318. The molecule has 1 saturated heterocycles. The van der Waals surface area contributed by atoms with Gasteiger partial charge in [-0.2, -0.15) is 0 Å². The first kappa shape index (κ1) is 18.5. The van der Waals surface area contributed by atoms with Gasteiger partial charge in [-0.3, -0.25) is 14.6 Å². The molecule has 0 saturated carbocycles. The standard InChI is InChI=1S/C22H22N6O2/c23-21-26-18-17(19(29)27-21)4-5-22(18)6-8-28(9-7-22)20(30)15-3-1-2-14(10-15)16-11-24-13-25-12-16/h1-3,10-13H,4-9H2,(H3,23,26,27,29). The fourth-order valence-corrected chi connectivity index (χ4v) is 4.76. The first-order chi connectivity index (χ1) is 14.6. The Morgan fingerprint density at radius 2 is 1.87 bits per heavy atom. The van der Waals surface area contributed by atoms with Crippen LogP contribution < -0.4 is 11.3 Å². The number of benzene rings is 1. The van der Waals surface area contributed by atoms with Crippen LogP contribution in [0.2, 0.25) is 0 Å². The van der Waals surface area contributed by atoms with Crippen LogP contribution in [0.3, 0.4) is 0 Å². The normalized spacial score (nSPS) is 17.1. The van der Waals surface area contributed by atoms with E-state index in [1.54, 1.807) is 12.4 Å². The summed E-state index contributed by atoms with van der Waals surface area (Å²) in [7, 11) is 0. The van der Waals surface area contributed by atoms with Gasteiger partial charge in [0.15, 0.2) is 0 Å². The molecule has 1 fully saturated rings. The fourth-order valence-electron chi connectivity index (χ4n) is 4.76. The number of aromatic nitrogens is 4. The third kappa shape index (κ3) is 3.04. The second-order valence-corrected chi connectivity index (χ2v) is 8.06. The van der Waals surface area contributed by atoms with Crippen molar-refractivity contribution in [2.45, 2.75) is 31.1 Å². The lowest BCUT2D eigenvalue weighted by atomic mass is 9.76. The van der Waals surface area contributed by atoms with E-state index >= 15 is 0 Å². The maximum Gasteiger partial charge on any atom is 0.255 e. The number of carbonyl (C=O) groups excluding carboxylic acids is 1. The number of hydrogen-bond acceptors (Lipinski definition) is 6. The van der Waals surface area contributed by atoms with E-state index in [4.69, 9.17) is 5.73 Å². The highest BCUT2D eigenvalue weighted by Crippen LogP contribution is 2.44. The molecule has 2 aromatic heterocycles. The van der Waals surface area contributed by atoms with Gasteiger partial charge in [-0.05, 0) is 43.4 Å². The Kier molecular flexibility index (Phi) is 4.34. The molecule has 0 radical (unpaired) electrons. The summed E-state index contributed by atoms with van der Waals surface area (Å²) in [5.41, 5.74) is 9.54. The molecule has 8 heteroatoms. The van der Waals surface area contributed by atoms with Crippen molar-refractivity contribution >= 4 is 11.9 Å². The van der Waals surface area contributed by atoms with Gasteiger partial charge in [0.25, 0.3) is 11.5 Å². The van der Waals surface area contributed by atoms with Crippen LogP contribution in [-0.2, 0) is 11.8 Å². The Hall–Kier alpha value is -3.55. The van der Waals surface area contributed by atoms with Crippen molar-refractivity contribution in [1.29, 1.82) is 0 Å². The highest BCUT2D eigenvalue weighted by molar-refractivity contribution is 5.95. The Balaban J connectivity index is 1.35. The van der Waals surface area contributed by atoms with Gasteiger partial charge in [0, 0.05) is 47.6 Å². The maximum atomic E-state index is 13.1. The molecule has 30 heavy (non-hydrogen) atoms. The van der Waals surface area contributed by atoms with Gasteiger partial charge in [-0.1, -0.05) is 12.1 Å². The molecule has 0 unspecified atom stereocenters. The van der Waals surface area contributed by atoms with E-state index < -0.39 is 0 Å². The van der Waals surface area contributed by atoms with Gasteiger partial charge < -0.3 is 10.6 Å². The van der Waals surface area contributed by atoms with E-state index in [2.05, 4.69) is 19.9 Å². The minimum Gasteiger partial charge on any atom is -0.369 e. The molecule has 0 atom stereocenters. The van der Waals surface area contributed by atoms with Crippen LogP contribution >= 0.6 is 0 Å². The predicted molar refractivity (Wildman–Crippen MR) is 112 cm³/mol. The van der Waals surface area contributed by atoms with E-state index in [-0.39, 0.29) is 22.8 Å². The Morgan fingerprint density at radius 3 is 2.63 bits per heavy atom. The minimum absolute atomic E-state index is 0.0140. The summed E-state index contributed by atoms with van der Waals surface area (Å²) in [6, 6.07) is 7.56. The van der Waals surface area contributed by atoms with Gasteiger partial charge >= 0.3 is 0 Å². The van der Waals surface area contributed by atoms with E-state index in [0.717, 1.165) is 41.6 Å². The number of fused-ring (bicyclic) bond motifs is 2. The molecule has 0 bridgehead atoms. The molecular weight excluding hydrogens is 380 g/mol. The number of rotatable bonds is 2. The summed E-state index contributed by atoms with van der Waals surface area (Å²) in [5, 5.41) is 0. The number of nitrogens with one attached hydrogen (secondary N) is 1. The summed E-state index contributed by atoms with van der Waals surface area (Å²) in [6.07, 6.45) is 8.13. The van der Waals surface area contributed by atoms with Crippen molar-refractivity contribution < 1.29 is 4.79 Å². The molecule has 152 valence electrons. The van der Waals surface area contributed by atoms with Crippen molar-refractivity contribution in [3.05, 3.63) is 70.2 Å². The number of hydrogen-bond donors (Lipinski definition) is 2. The molecular formula is C22H22N6O2. The lowest BCUT2D eigenvalue weighted by molar-refractivity contribution is 0.0663. The average Bonchev–Trinajstić information content (AvgIpc) is 3.12. The number of aromatic amines is 1. The number of likely N-dealkylation sites (tertiary alicyclic amines) is 1. The van der Waals surface area contributed by atoms with Crippen LogP contribution in [0.25, 0.3) is 11.1 Å².